The zero-order valence-electron chi connectivity index (χ0n) is 19.0. The lowest BCUT2D eigenvalue weighted by Crippen LogP contribution is -2.43. The van der Waals surface area contributed by atoms with Gasteiger partial charge in [0.25, 0.3) is 11.5 Å². The molecule has 1 aliphatic rings. The van der Waals surface area contributed by atoms with Crippen LogP contribution in [0.3, 0.4) is 0 Å². The molecule has 1 aliphatic heterocycles. The third-order valence-corrected chi connectivity index (χ3v) is 5.98. The molecule has 0 spiro atoms. The normalized spacial score (nSPS) is 15.4. The number of aromatic nitrogens is 2. The first-order chi connectivity index (χ1) is 15.4. The molecule has 0 radical (unpaired) electrons. The fourth-order valence-corrected chi connectivity index (χ4v) is 4.09. The van der Waals surface area contributed by atoms with Crippen molar-refractivity contribution in [2.24, 2.45) is 0 Å². The van der Waals surface area contributed by atoms with Gasteiger partial charge in [0.15, 0.2) is 5.69 Å². The summed E-state index contributed by atoms with van der Waals surface area (Å²) in [6, 6.07) is 15.4. The van der Waals surface area contributed by atoms with E-state index in [1.165, 1.54) is 10.2 Å². The summed E-state index contributed by atoms with van der Waals surface area (Å²) in [4.78, 5) is 30.6. The quantitative estimate of drug-likeness (QED) is 0.647. The maximum absolute atomic E-state index is 13.0. The number of rotatable bonds is 6. The van der Waals surface area contributed by atoms with Crippen LogP contribution in [0.2, 0.25) is 0 Å². The number of amides is 1. The number of nitrogens with one attached hydrogen (secondary N) is 1. The van der Waals surface area contributed by atoms with Crippen LogP contribution >= 0.6 is 0 Å². The third-order valence-electron chi connectivity index (χ3n) is 5.98. The predicted molar refractivity (Wildman–Crippen MR) is 127 cm³/mol. The molecule has 7 nitrogen and oxygen atoms in total. The van der Waals surface area contributed by atoms with Crippen LogP contribution in [0, 0.1) is 0 Å². The molecule has 0 saturated carbocycles. The van der Waals surface area contributed by atoms with E-state index in [0.717, 1.165) is 38.3 Å². The Morgan fingerprint density at radius 3 is 2.41 bits per heavy atom. The van der Waals surface area contributed by atoms with Crippen molar-refractivity contribution in [3.8, 4) is 0 Å². The van der Waals surface area contributed by atoms with E-state index in [1.54, 1.807) is 12.1 Å². The zero-order valence-corrected chi connectivity index (χ0v) is 19.0. The lowest BCUT2D eigenvalue weighted by Gasteiger charge is -2.32. The third kappa shape index (κ3) is 4.89. The van der Waals surface area contributed by atoms with Gasteiger partial charge in [-0.2, -0.15) is 5.10 Å². The number of carbonyl (C=O) groups excluding carboxylic acids is 1. The molecule has 0 unspecified atom stereocenters. The molecule has 3 aromatic rings. The number of hydrogen-bond acceptors (Lipinski definition) is 5. The van der Waals surface area contributed by atoms with Crippen molar-refractivity contribution < 1.29 is 4.79 Å². The Kier molecular flexibility index (Phi) is 6.67. The van der Waals surface area contributed by atoms with Gasteiger partial charge >= 0.3 is 0 Å². The summed E-state index contributed by atoms with van der Waals surface area (Å²) < 4.78 is 1.38. The van der Waals surface area contributed by atoms with Crippen molar-refractivity contribution in [2.45, 2.75) is 33.0 Å². The molecular formula is C25H31N5O2. The van der Waals surface area contributed by atoms with Crippen LogP contribution in [0.25, 0.3) is 10.8 Å². The van der Waals surface area contributed by atoms with E-state index < -0.39 is 0 Å². The number of hydrogen-bond donors (Lipinski definition) is 1. The van der Waals surface area contributed by atoms with Crippen LogP contribution in [-0.2, 0) is 13.1 Å². The molecule has 2 heterocycles. The van der Waals surface area contributed by atoms with Crippen LogP contribution in [0.4, 0.5) is 0 Å². The van der Waals surface area contributed by atoms with Gasteiger partial charge in [0.2, 0.25) is 0 Å². The minimum atomic E-state index is -0.278. The summed E-state index contributed by atoms with van der Waals surface area (Å²) in [7, 11) is 2.16. The van der Waals surface area contributed by atoms with Gasteiger partial charge in [0, 0.05) is 44.7 Å². The van der Waals surface area contributed by atoms with E-state index >= 15 is 0 Å². The Labute approximate surface area is 188 Å². The lowest BCUT2D eigenvalue weighted by atomic mass is 10.1. The molecule has 2 aromatic carbocycles. The van der Waals surface area contributed by atoms with Crippen LogP contribution in [0.1, 0.15) is 41.5 Å². The van der Waals surface area contributed by atoms with Crippen LogP contribution in [-0.4, -0.2) is 58.7 Å². The number of fused-ring (bicyclic) bond motifs is 1. The molecule has 1 N–H and O–H groups in total. The molecule has 0 bridgehead atoms. The second-order valence-electron chi connectivity index (χ2n) is 8.82. The second kappa shape index (κ2) is 9.63. The topological polar surface area (TPSA) is 70.5 Å². The van der Waals surface area contributed by atoms with E-state index in [9.17, 15) is 9.59 Å². The number of nitrogens with zero attached hydrogens (tertiary/aromatic N) is 4. The molecule has 1 fully saturated rings. The average molecular weight is 434 g/mol. The Hall–Kier alpha value is -3.03. The first-order valence-corrected chi connectivity index (χ1v) is 11.2. The maximum atomic E-state index is 13.0. The molecule has 1 saturated heterocycles. The molecule has 1 aromatic heterocycles. The van der Waals surface area contributed by atoms with Crippen molar-refractivity contribution in [1.29, 1.82) is 0 Å². The van der Waals surface area contributed by atoms with Gasteiger partial charge in [0.1, 0.15) is 0 Å². The summed E-state index contributed by atoms with van der Waals surface area (Å²) in [5.74, 6) is -0.278. The molecule has 7 heteroatoms. The van der Waals surface area contributed by atoms with Crippen molar-refractivity contribution in [3.05, 3.63) is 75.7 Å². The second-order valence-corrected chi connectivity index (χ2v) is 8.82. The lowest BCUT2D eigenvalue weighted by molar-refractivity contribution is 0.0945. The number of benzene rings is 2. The first-order valence-electron chi connectivity index (χ1n) is 11.2. The predicted octanol–water partition coefficient (Wildman–Crippen LogP) is 2.65. The fraction of sp³-hybridized carbons (Fsp3) is 0.400. The van der Waals surface area contributed by atoms with Gasteiger partial charge in [0.05, 0.1) is 11.4 Å². The van der Waals surface area contributed by atoms with Gasteiger partial charge in [-0.15, -0.1) is 0 Å². The van der Waals surface area contributed by atoms with E-state index in [0.29, 0.717) is 17.3 Å². The summed E-state index contributed by atoms with van der Waals surface area (Å²) in [5, 5.41) is 8.48. The van der Waals surface area contributed by atoms with Crippen molar-refractivity contribution >= 4 is 16.7 Å². The Bertz CT molecular complexity index is 1160. The monoisotopic (exact) mass is 433 g/mol. The van der Waals surface area contributed by atoms with Crippen molar-refractivity contribution in [1.82, 2.24) is 24.9 Å². The van der Waals surface area contributed by atoms with E-state index in [4.69, 9.17) is 0 Å². The highest BCUT2D eigenvalue weighted by Crippen LogP contribution is 2.15. The van der Waals surface area contributed by atoms with Crippen LogP contribution in [0.15, 0.2) is 53.3 Å². The van der Waals surface area contributed by atoms with Gasteiger partial charge in [-0.05, 0) is 38.1 Å². The highest BCUT2D eigenvalue weighted by atomic mass is 16.2. The van der Waals surface area contributed by atoms with E-state index in [-0.39, 0.29) is 23.2 Å². The van der Waals surface area contributed by atoms with Gasteiger partial charge in [-0.1, -0.05) is 42.5 Å². The fourth-order valence-electron chi connectivity index (χ4n) is 4.09. The zero-order chi connectivity index (χ0) is 22.7. The largest absolute Gasteiger partial charge is 0.347 e. The summed E-state index contributed by atoms with van der Waals surface area (Å²) in [6.45, 7) is 9.43. The molecule has 4 rings (SSSR count). The molecular weight excluding hydrogens is 402 g/mol. The number of piperazine rings is 1. The summed E-state index contributed by atoms with van der Waals surface area (Å²) in [6.07, 6.45) is 0. The molecule has 0 aliphatic carbocycles. The summed E-state index contributed by atoms with van der Waals surface area (Å²) in [5.41, 5.74) is 2.40. The number of likely N-dealkylation sites (N-methyl/N-ethyl adjacent to an activating group) is 1. The minimum Gasteiger partial charge on any atom is -0.347 e. The Balaban J connectivity index is 1.49. The molecule has 168 valence electrons. The molecule has 32 heavy (non-hydrogen) atoms. The first kappa shape index (κ1) is 22.2. The smallest absolute Gasteiger partial charge is 0.274 e. The molecule has 1 amide bonds. The van der Waals surface area contributed by atoms with Crippen LogP contribution < -0.4 is 10.9 Å². The van der Waals surface area contributed by atoms with Crippen molar-refractivity contribution in [2.75, 3.05) is 33.2 Å². The highest BCUT2D eigenvalue weighted by Gasteiger charge is 2.18. The standard InChI is InChI=1S/C25H31N5O2/c1-18(2)30-25(32)22-10-5-4-9-21(22)23(27-30)24(31)26-16-19-7-6-8-20(15-19)17-29-13-11-28(3)12-14-29/h4-10,15,18H,11-14,16-17H2,1-3H3,(H,26,31). The highest BCUT2D eigenvalue weighted by molar-refractivity contribution is 6.04. The summed E-state index contributed by atoms with van der Waals surface area (Å²) >= 11 is 0. The van der Waals surface area contributed by atoms with E-state index in [1.807, 2.05) is 38.1 Å². The van der Waals surface area contributed by atoms with Gasteiger partial charge in [-0.3, -0.25) is 14.5 Å². The van der Waals surface area contributed by atoms with Crippen LogP contribution in [0.5, 0.6) is 0 Å². The number of carbonyl (C=O) groups is 1. The van der Waals surface area contributed by atoms with Gasteiger partial charge < -0.3 is 10.2 Å². The van der Waals surface area contributed by atoms with Crippen molar-refractivity contribution in [3.63, 3.8) is 0 Å². The van der Waals surface area contributed by atoms with Gasteiger partial charge in [-0.25, -0.2) is 4.68 Å². The Morgan fingerprint density at radius 1 is 1.00 bits per heavy atom. The SMILES string of the molecule is CC(C)n1nc(C(=O)NCc2cccc(CN3CCN(C)CC3)c2)c2ccccc2c1=O. The Morgan fingerprint density at radius 2 is 1.69 bits per heavy atom. The maximum Gasteiger partial charge on any atom is 0.274 e. The molecule has 0 atom stereocenters. The average Bonchev–Trinajstić information content (AvgIpc) is 2.79. The minimum absolute atomic E-state index is 0.134. The van der Waals surface area contributed by atoms with E-state index in [2.05, 4.69) is 39.4 Å².